The van der Waals surface area contributed by atoms with E-state index in [0.717, 1.165) is 5.56 Å². The van der Waals surface area contributed by atoms with Crippen LogP contribution in [0.5, 0.6) is 0 Å². The fraction of sp³-hybridized carbons (Fsp3) is 0.167. The number of nitriles is 1. The Labute approximate surface area is 190 Å². The number of aryl methyl sites for hydroxylation is 1. The van der Waals surface area contributed by atoms with Gasteiger partial charge >= 0.3 is 0 Å². The molecule has 166 valence electrons. The maximum atomic E-state index is 12.9. The van der Waals surface area contributed by atoms with Crippen molar-refractivity contribution in [1.82, 2.24) is 45.5 Å². The average Bonchev–Trinajstić information content (AvgIpc) is 3.55. The van der Waals surface area contributed by atoms with Crippen LogP contribution in [0, 0.1) is 11.3 Å². The van der Waals surface area contributed by atoms with Crippen LogP contribution in [0.25, 0.3) is 5.82 Å². The van der Waals surface area contributed by atoms with Crippen LogP contribution < -0.4 is 11.2 Å². The highest BCUT2D eigenvalue weighted by Gasteiger charge is 2.24. The molecule has 3 aromatic heterocycles. The summed E-state index contributed by atoms with van der Waals surface area (Å²) < 4.78 is 7.66. The summed E-state index contributed by atoms with van der Waals surface area (Å²) in [5.41, 5.74) is 10.5. The molecule has 0 fully saturated rings. The zero-order valence-electron chi connectivity index (χ0n) is 17.4. The smallest absolute Gasteiger partial charge is 0.293 e. The van der Waals surface area contributed by atoms with Crippen LogP contribution in [-0.2, 0) is 12.8 Å². The van der Waals surface area contributed by atoms with Gasteiger partial charge in [0.25, 0.3) is 5.91 Å². The molecular weight excluding hydrogens is 448 g/mol. The second kappa shape index (κ2) is 9.28. The number of nitrogens with one attached hydrogen (secondary N) is 1. The number of carbonyl (C=O) groups excluding carboxylic acids is 1. The minimum Gasteiger partial charge on any atom is -0.378 e. The zero-order valence-corrected chi connectivity index (χ0v) is 18.2. The number of carbonyl (C=O) groups is 1. The minimum absolute atomic E-state index is 0.00792. The number of hydrogen-bond donors (Lipinski definition) is 2. The third-order valence-corrected chi connectivity index (χ3v) is 5.48. The van der Waals surface area contributed by atoms with Gasteiger partial charge in [-0.1, -0.05) is 29.1 Å². The lowest BCUT2D eigenvalue weighted by molar-refractivity contribution is 0.0949. The van der Waals surface area contributed by atoms with Crippen molar-refractivity contribution < 1.29 is 9.42 Å². The maximum absolute atomic E-state index is 12.9. The Bertz CT molecular complexity index is 1360. The molecule has 4 aromatic rings. The molecule has 1 amide bonds. The van der Waals surface area contributed by atoms with E-state index < -0.39 is 5.91 Å². The summed E-state index contributed by atoms with van der Waals surface area (Å²) in [4.78, 5) is 12.9. The Morgan fingerprint density at radius 2 is 2.09 bits per heavy atom. The first-order valence-electron chi connectivity index (χ1n) is 9.33. The van der Waals surface area contributed by atoms with Crippen molar-refractivity contribution >= 4 is 29.2 Å². The minimum atomic E-state index is -0.585. The van der Waals surface area contributed by atoms with E-state index in [4.69, 9.17) is 11.0 Å². The molecule has 3 N–H and O–H groups in total. The number of nitrogen functional groups attached to an aromatic ring is 1. The monoisotopic (exact) mass is 464 g/mol. The molecule has 3 heterocycles. The Kier molecular flexibility index (Phi) is 6.09. The number of amides is 1. The molecule has 0 unspecified atom stereocenters. The average molecular weight is 464 g/mol. The van der Waals surface area contributed by atoms with Crippen molar-refractivity contribution in [3.63, 3.8) is 0 Å². The van der Waals surface area contributed by atoms with Crippen LogP contribution in [0.3, 0.4) is 0 Å². The number of hydrogen-bond acceptors (Lipinski definition) is 12. The number of nitrogens with two attached hydrogens (primary N) is 1. The quantitative estimate of drug-likeness (QED) is 0.222. The van der Waals surface area contributed by atoms with Crippen molar-refractivity contribution in [3.05, 3.63) is 53.1 Å². The molecule has 0 aliphatic heterocycles. The lowest BCUT2D eigenvalue weighted by atomic mass is 10.1. The van der Waals surface area contributed by atoms with Crippen molar-refractivity contribution in [2.75, 3.05) is 5.73 Å². The van der Waals surface area contributed by atoms with E-state index in [9.17, 15) is 4.79 Å². The van der Waals surface area contributed by atoms with Crippen LogP contribution in [0.15, 0.2) is 45.5 Å². The third-order valence-electron chi connectivity index (χ3n) is 4.44. The number of thioether (sulfide) groups is 1. The molecule has 0 aliphatic rings. The van der Waals surface area contributed by atoms with Crippen LogP contribution in [0.2, 0.25) is 0 Å². The molecule has 14 nitrogen and oxygen atoms in total. The number of hydrazone groups is 1. The van der Waals surface area contributed by atoms with Crippen molar-refractivity contribution in [3.8, 4) is 11.9 Å². The molecule has 1 aromatic carbocycles. The van der Waals surface area contributed by atoms with E-state index >= 15 is 0 Å². The summed E-state index contributed by atoms with van der Waals surface area (Å²) in [6, 6.07) is 8.86. The third kappa shape index (κ3) is 4.55. The van der Waals surface area contributed by atoms with Crippen molar-refractivity contribution in [1.29, 1.82) is 5.26 Å². The van der Waals surface area contributed by atoms with Crippen LogP contribution in [-0.4, -0.2) is 51.7 Å². The largest absolute Gasteiger partial charge is 0.378 e. The van der Waals surface area contributed by atoms with Gasteiger partial charge in [0.1, 0.15) is 6.33 Å². The van der Waals surface area contributed by atoms with Gasteiger partial charge in [0.2, 0.25) is 11.6 Å². The van der Waals surface area contributed by atoms with E-state index in [0.29, 0.717) is 22.1 Å². The molecule has 0 saturated heterocycles. The summed E-state index contributed by atoms with van der Waals surface area (Å²) >= 11 is 1.31. The van der Waals surface area contributed by atoms with Crippen molar-refractivity contribution in [2.45, 2.75) is 17.8 Å². The van der Waals surface area contributed by atoms with Gasteiger partial charge < -0.3 is 10.3 Å². The Balaban J connectivity index is 1.59. The fourth-order valence-corrected chi connectivity index (χ4v) is 3.57. The topological polar surface area (TPSA) is 192 Å². The Morgan fingerprint density at radius 3 is 2.73 bits per heavy atom. The molecule has 4 rings (SSSR count). The number of aromatic nitrogens is 8. The molecule has 0 bridgehead atoms. The first-order valence-corrected chi connectivity index (χ1v) is 10.3. The van der Waals surface area contributed by atoms with Gasteiger partial charge in [0.05, 0.1) is 23.0 Å². The van der Waals surface area contributed by atoms with E-state index in [1.807, 2.05) is 0 Å². The molecule has 0 spiro atoms. The van der Waals surface area contributed by atoms with Crippen LogP contribution >= 0.6 is 11.8 Å². The van der Waals surface area contributed by atoms with E-state index in [2.05, 4.69) is 52.0 Å². The van der Waals surface area contributed by atoms with E-state index in [1.54, 1.807) is 49.1 Å². The summed E-state index contributed by atoms with van der Waals surface area (Å²) in [6.45, 7) is 1.73. The Hall–Kier alpha value is -4.58. The van der Waals surface area contributed by atoms with Crippen LogP contribution in [0.4, 0.5) is 5.82 Å². The van der Waals surface area contributed by atoms with Gasteiger partial charge in [-0.15, -0.1) is 15.3 Å². The molecule has 15 heteroatoms. The number of benzene rings is 1. The highest BCUT2D eigenvalue weighted by atomic mass is 32.2. The summed E-state index contributed by atoms with van der Waals surface area (Å²) in [6.07, 6.45) is 1.56. The van der Waals surface area contributed by atoms with Gasteiger partial charge in [0, 0.05) is 12.8 Å². The predicted molar refractivity (Wildman–Crippen MR) is 115 cm³/mol. The van der Waals surface area contributed by atoms with Gasteiger partial charge in [-0.25, -0.2) is 10.1 Å². The van der Waals surface area contributed by atoms with Gasteiger partial charge in [0.15, 0.2) is 10.9 Å². The lowest BCUT2D eigenvalue weighted by Crippen LogP contribution is -2.21. The van der Waals surface area contributed by atoms with E-state index in [1.165, 1.54) is 16.4 Å². The SMILES string of the molecule is C/C(=N\NC(=O)c1nnn(-c2nonc2N)c1CSc1nncn1C)c1ccc(C#N)cc1. The number of rotatable bonds is 7. The second-order valence-electron chi connectivity index (χ2n) is 6.61. The first-order chi connectivity index (χ1) is 16.0. The maximum Gasteiger partial charge on any atom is 0.293 e. The fourth-order valence-electron chi connectivity index (χ4n) is 2.69. The summed E-state index contributed by atoms with van der Waals surface area (Å²) in [5, 5.41) is 36.8. The molecule has 0 saturated carbocycles. The Morgan fingerprint density at radius 1 is 1.30 bits per heavy atom. The molecule has 33 heavy (non-hydrogen) atoms. The highest BCUT2D eigenvalue weighted by Crippen LogP contribution is 2.24. The number of anilines is 1. The van der Waals surface area contributed by atoms with Gasteiger partial charge in [-0.2, -0.15) is 15.0 Å². The van der Waals surface area contributed by atoms with Gasteiger partial charge in [-0.3, -0.25) is 4.79 Å². The lowest BCUT2D eigenvalue weighted by Gasteiger charge is -2.06. The highest BCUT2D eigenvalue weighted by molar-refractivity contribution is 7.98. The molecule has 0 aliphatic carbocycles. The summed E-state index contributed by atoms with van der Waals surface area (Å²) in [7, 11) is 1.80. The zero-order chi connectivity index (χ0) is 23.4. The summed E-state index contributed by atoms with van der Waals surface area (Å²) in [5.74, 6) is -0.246. The van der Waals surface area contributed by atoms with Crippen LogP contribution in [0.1, 0.15) is 34.2 Å². The molecule has 0 atom stereocenters. The standard InChI is InChI=1S/C18H16N12O2S/c1-10(12-5-3-11(7-19)4-6-12)22-24-17(31)14-13(8-33-18-25-21-9-29(18)2)30(28-23-14)16-15(20)26-32-27-16/h3-6,9H,8H2,1-2H3,(H2,20,26)(H,24,31)/b22-10+. The van der Waals surface area contributed by atoms with Gasteiger partial charge in [-0.05, 0) is 34.9 Å². The van der Waals surface area contributed by atoms with Crippen molar-refractivity contribution in [2.24, 2.45) is 12.1 Å². The molecular formula is C18H16N12O2S. The predicted octanol–water partition coefficient (Wildman–Crippen LogP) is 0.679. The second-order valence-corrected chi connectivity index (χ2v) is 7.55. The van der Waals surface area contributed by atoms with E-state index in [-0.39, 0.29) is 23.1 Å². The normalized spacial score (nSPS) is 11.4. The first kappa shape index (κ1) is 21.6. The molecule has 0 radical (unpaired) electrons. The number of nitrogens with zero attached hydrogens (tertiary/aromatic N) is 10.